The van der Waals surface area contributed by atoms with Gasteiger partial charge < -0.3 is 0 Å². The van der Waals surface area contributed by atoms with E-state index in [-0.39, 0.29) is 0 Å². The van der Waals surface area contributed by atoms with Gasteiger partial charge in [0.25, 0.3) is 0 Å². The van der Waals surface area contributed by atoms with E-state index in [1.54, 1.807) is 0 Å². The van der Waals surface area contributed by atoms with Crippen LogP contribution in [0.5, 0.6) is 0 Å². The second-order valence-corrected chi connectivity index (χ2v) is 4.31. The molecule has 0 N–H and O–H groups in total. The molecule has 75 valence electrons. The van der Waals surface area contributed by atoms with Crippen LogP contribution in [0.1, 0.15) is 40.0 Å². The summed E-state index contributed by atoms with van der Waals surface area (Å²) in [5.41, 5.74) is 1.35. The molecule has 1 aromatic carbocycles. The van der Waals surface area contributed by atoms with Gasteiger partial charge in [0.15, 0.2) is 7.28 Å². The lowest BCUT2D eigenvalue weighted by atomic mass is 9.47. The molecule has 1 aromatic rings. The Morgan fingerprint density at radius 3 is 2.29 bits per heavy atom. The fourth-order valence-corrected chi connectivity index (χ4v) is 1.87. The molecule has 1 radical (unpaired) electrons. The highest BCUT2D eigenvalue weighted by molar-refractivity contribution is 6.56. The quantitative estimate of drug-likeness (QED) is 0.619. The summed E-state index contributed by atoms with van der Waals surface area (Å²) in [4.78, 5) is 0. The van der Waals surface area contributed by atoms with Crippen molar-refractivity contribution in [3.05, 3.63) is 30.3 Å². The van der Waals surface area contributed by atoms with E-state index in [4.69, 9.17) is 0 Å². The van der Waals surface area contributed by atoms with E-state index in [2.05, 4.69) is 58.4 Å². The molecule has 0 amide bonds. The van der Waals surface area contributed by atoms with Crippen molar-refractivity contribution in [2.75, 3.05) is 0 Å². The molecule has 0 fully saturated rings. The third kappa shape index (κ3) is 3.21. The van der Waals surface area contributed by atoms with Crippen LogP contribution >= 0.6 is 0 Å². The highest BCUT2D eigenvalue weighted by Gasteiger charge is 2.22. The van der Waals surface area contributed by atoms with Gasteiger partial charge in [-0.2, -0.15) is 0 Å². The first-order valence-corrected chi connectivity index (χ1v) is 5.61. The lowest BCUT2D eigenvalue weighted by Gasteiger charge is -2.27. The van der Waals surface area contributed by atoms with Crippen LogP contribution in [-0.4, -0.2) is 7.28 Å². The molecule has 14 heavy (non-hydrogen) atoms. The van der Waals surface area contributed by atoms with E-state index in [9.17, 15) is 0 Å². The highest BCUT2D eigenvalue weighted by atomic mass is 14.1. The second-order valence-electron chi connectivity index (χ2n) is 4.31. The molecule has 0 aromatic heterocycles. The molecular formula is C13H20B. The summed E-state index contributed by atoms with van der Waals surface area (Å²) in [6.45, 7) is 6.88. The summed E-state index contributed by atoms with van der Waals surface area (Å²) < 4.78 is 0. The summed E-state index contributed by atoms with van der Waals surface area (Å²) in [6, 6.07) is 10.6. The average molecular weight is 187 g/mol. The van der Waals surface area contributed by atoms with Crippen LogP contribution in [0.2, 0.25) is 5.31 Å². The van der Waals surface area contributed by atoms with Crippen LogP contribution in [0.4, 0.5) is 0 Å². The molecular weight excluding hydrogens is 167 g/mol. The molecule has 0 saturated carbocycles. The Morgan fingerprint density at radius 1 is 1.14 bits per heavy atom. The van der Waals surface area contributed by atoms with Gasteiger partial charge in [-0.15, -0.1) is 0 Å². The zero-order valence-corrected chi connectivity index (χ0v) is 9.59. The third-order valence-corrected chi connectivity index (χ3v) is 2.94. The molecule has 1 heteroatoms. The Balaban J connectivity index is 2.65. The van der Waals surface area contributed by atoms with Crippen LogP contribution in [0, 0.1) is 0 Å². The maximum absolute atomic E-state index is 2.41. The first kappa shape index (κ1) is 11.4. The summed E-state index contributed by atoms with van der Waals surface area (Å²) >= 11 is 0. The predicted molar refractivity (Wildman–Crippen MR) is 65.4 cm³/mol. The monoisotopic (exact) mass is 187 g/mol. The fourth-order valence-electron chi connectivity index (χ4n) is 1.87. The molecule has 1 unspecified atom stereocenters. The van der Waals surface area contributed by atoms with E-state index < -0.39 is 0 Å². The number of hydrogen-bond acceptors (Lipinski definition) is 0. The standard InChI is InChI=1S/C13H20B/c1-4-11-13(3,5-2)14-12-9-7-6-8-10-12/h6-10H,4-5,11H2,1-3H3. The molecule has 0 spiro atoms. The Hall–Kier alpha value is -0.715. The summed E-state index contributed by atoms with van der Waals surface area (Å²) in [6.07, 6.45) is 3.75. The minimum atomic E-state index is 0.371. The largest absolute Gasteiger partial charge is 0.158 e. The van der Waals surface area contributed by atoms with Crippen molar-refractivity contribution in [3.8, 4) is 0 Å². The van der Waals surface area contributed by atoms with Gasteiger partial charge in [0.2, 0.25) is 0 Å². The number of benzene rings is 1. The van der Waals surface area contributed by atoms with Gasteiger partial charge in [0, 0.05) is 0 Å². The fraction of sp³-hybridized carbons (Fsp3) is 0.538. The lowest BCUT2D eigenvalue weighted by Crippen LogP contribution is -2.27. The van der Waals surface area contributed by atoms with Crippen LogP contribution in [0.25, 0.3) is 0 Å². The van der Waals surface area contributed by atoms with Crippen molar-refractivity contribution >= 4 is 12.7 Å². The van der Waals surface area contributed by atoms with E-state index in [0.29, 0.717) is 5.31 Å². The van der Waals surface area contributed by atoms with Crippen LogP contribution in [0.15, 0.2) is 30.3 Å². The molecule has 1 atom stereocenters. The van der Waals surface area contributed by atoms with Gasteiger partial charge in [-0.25, -0.2) is 0 Å². The van der Waals surface area contributed by atoms with Crippen molar-refractivity contribution in [3.63, 3.8) is 0 Å². The summed E-state index contributed by atoms with van der Waals surface area (Å²) in [7, 11) is 2.41. The first-order chi connectivity index (χ1) is 6.70. The van der Waals surface area contributed by atoms with Crippen molar-refractivity contribution in [1.82, 2.24) is 0 Å². The SMILES string of the molecule is CCCC(C)([B]c1ccccc1)CC. The zero-order chi connectivity index (χ0) is 10.4. The average Bonchev–Trinajstić information content (AvgIpc) is 2.20. The van der Waals surface area contributed by atoms with Gasteiger partial charge in [0.05, 0.1) is 0 Å². The topological polar surface area (TPSA) is 0 Å². The van der Waals surface area contributed by atoms with Crippen molar-refractivity contribution in [1.29, 1.82) is 0 Å². The Bertz CT molecular complexity index is 255. The van der Waals surface area contributed by atoms with E-state index >= 15 is 0 Å². The zero-order valence-electron chi connectivity index (χ0n) is 9.59. The van der Waals surface area contributed by atoms with E-state index in [1.807, 2.05) is 0 Å². The predicted octanol–water partition coefficient (Wildman–Crippen LogP) is 3.40. The molecule has 0 aliphatic carbocycles. The molecule has 0 bridgehead atoms. The van der Waals surface area contributed by atoms with Crippen LogP contribution in [0.3, 0.4) is 0 Å². The van der Waals surface area contributed by atoms with Gasteiger partial charge in [-0.3, -0.25) is 0 Å². The highest BCUT2D eigenvalue weighted by Crippen LogP contribution is 2.33. The Kier molecular flexibility index (Phi) is 4.25. The van der Waals surface area contributed by atoms with Crippen LogP contribution in [-0.2, 0) is 0 Å². The maximum Gasteiger partial charge on any atom is 0.158 e. The Labute approximate surface area is 89.0 Å². The second kappa shape index (κ2) is 5.24. The molecule has 0 saturated heterocycles. The maximum atomic E-state index is 2.41. The summed E-state index contributed by atoms with van der Waals surface area (Å²) in [5, 5.41) is 0.371. The van der Waals surface area contributed by atoms with Gasteiger partial charge in [-0.1, -0.05) is 81.1 Å². The molecule has 1 rings (SSSR count). The van der Waals surface area contributed by atoms with Crippen LogP contribution < -0.4 is 5.46 Å². The Morgan fingerprint density at radius 2 is 1.79 bits per heavy atom. The number of rotatable bonds is 5. The summed E-state index contributed by atoms with van der Waals surface area (Å²) in [5.74, 6) is 0. The molecule has 0 aliphatic heterocycles. The smallest absolute Gasteiger partial charge is 0.0872 e. The third-order valence-electron chi connectivity index (χ3n) is 2.94. The normalized spacial score (nSPS) is 14.8. The van der Waals surface area contributed by atoms with Crippen molar-refractivity contribution in [2.24, 2.45) is 0 Å². The minimum Gasteiger partial charge on any atom is -0.0872 e. The van der Waals surface area contributed by atoms with Crippen molar-refractivity contribution < 1.29 is 0 Å². The molecule has 0 aliphatic rings. The lowest BCUT2D eigenvalue weighted by molar-refractivity contribution is 0.529. The first-order valence-electron chi connectivity index (χ1n) is 5.61. The van der Waals surface area contributed by atoms with Gasteiger partial charge in [0.1, 0.15) is 0 Å². The van der Waals surface area contributed by atoms with E-state index in [0.717, 1.165) is 0 Å². The van der Waals surface area contributed by atoms with Crippen molar-refractivity contribution in [2.45, 2.75) is 45.3 Å². The minimum absolute atomic E-state index is 0.371. The van der Waals surface area contributed by atoms with Gasteiger partial charge in [-0.05, 0) is 0 Å². The molecule has 0 heterocycles. The molecule has 0 nitrogen and oxygen atoms in total. The van der Waals surface area contributed by atoms with Gasteiger partial charge >= 0.3 is 0 Å². The number of hydrogen-bond donors (Lipinski definition) is 0. The van der Waals surface area contributed by atoms with E-state index in [1.165, 1.54) is 24.7 Å².